The first kappa shape index (κ1) is 17.0. The highest BCUT2D eigenvalue weighted by Gasteiger charge is 2.21. The number of anilines is 1. The van der Waals surface area contributed by atoms with E-state index >= 15 is 0 Å². The smallest absolute Gasteiger partial charge is 0.313 e. The predicted octanol–water partition coefficient (Wildman–Crippen LogP) is 1.55. The standard InChI is InChI=1S/C15H17N3O4S/c1-18-13(19)6-5-12(17-18)15(22)16-11-4-2-3-10(7-11)8-23-9-14(20)21/h2-4,7H,5-6,8-9H2,1H3,(H,16,22)(H,20,21). The van der Waals surface area contributed by atoms with Gasteiger partial charge in [-0.15, -0.1) is 11.8 Å². The molecule has 2 rings (SSSR count). The fourth-order valence-electron chi connectivity index (χ4n) is 2.03. The molecule has 7 nitrogen and oxygen atoms in total. The van der Waals surface area contributed by atoms with Gasteiger partial charge in [0.15, 0.2) is 0 Å². The third kappa shape index (κ3) is 5.10. The Balaban J connectivity index is 1.97. The molecule has 0 fully saturated rings. The van der Waals surface area contributed by atoms with Crippen LogP contribution in [0.1, 0.15) is 18.4 Å². The molecule has 1 aromatic rings. The molecule has 2 amide bonds. The topological polar surface area (TPSA) is 99.1 Å². The van der Waals surface area contributed by atoms with Crippen molar-refractivity contribution in [2.45, 2.75) is 18.6 Å². The van der Waals surface area contributed by atoms with Gasteiger partial charge in [-0.05, 0) is 17.7 Å². The molecular weight excluding hydrogens is 318 g/mol. The summed E-state index contributed by atoms with van der Waals surface area (Å²) in [6.45, 7) is 0. The second-order valence-corrected chi connectivity index (χ2v) is 5.99. The van der Waals surface area contributed by atoms with E-state index in [1.165, 1.54) is 23.8 Å². The maximum Gasteiger partial charge on any atom is 0.313 e. The molecule has 0 saturated carbocycles. The average molecular weight is 335 g/mol. The van der Waals surface area contributed by atoms with Crippen molar-refractivity contribution in [3.8, 4) is 0 Å². The lowest BCUT2D eigenvalue weighted by Crippen LogP contribution is -2.34. The van der Waals surface area contributed by atoms with Crippen molar-refractivity contribution in [1.29, 1.82) is 0 Å². The summed E-state index contributed by atoms with van der Waals surface area (Å²) in [4.78, 5) is 34.0. The summed E-state index contributed by atoms with van der Waals surface area (Å²) in [6, 6.07) is 7.21. The van der Waals surface area contributed by atoms with E-state index in [-0.39, 0.29) is 24.0 Å². The van der Waals surface area contributed by atoms with Gasteiger partial charge in [0.2, 0.25) is 5.91 Å². The van der Waals surface area contributed by atoms with Crippen LogP contribution in [0, 0.1) is 0 Å². The largest absolute Gasteiger partial charge is 0.481 e. The van der Waals surface area contributed by atoms with Crippen molar-refractivity contribution >= 4 is 40.9 Å². The van der Waals surface area contributed by atoms with Crippen LogP contribution >= 0.6 is 11.8 Å². The van der Waals surface area contributed by atoms with E-state index < -0.39 is 5.97 Å². The summed E-state index contributed by atoms with van der Waals surface area (Å²) < 4.78 is 0. The third-order valence-corrected chi connectivity index (χ3v) is 4.14. The number of carbonyl (C=O) groups is 3. The van der Waals surface area contributed by atoms with Crippen LogP contribution in [-0.4, -0.2) is 46.4 Å². The highest BCUT2D eigenvalue weighted by Crippen LogP contribution is 2.17. The van der Waals surface area contributed by atoms with Crippen molar-refractivity contribution < 1.29 is 19.5 Å². The fraction of sp³-hybridized carbons (Fsp3) is 0.333. The SMILES string of the molecule is CN1N=C(C(=O)Nc2cccc(CSCC(=O)O)c2)CCC1=O. The molecule has 2 N–H and O–H groups in total. The molecule has 1 aliphatic heterocycles. The summed E-state index contributed by atoms with van der Waals surface area (Å²) in [5.74, 6) is -0.714. The Hall–Kier alpha value is -2.35. The van der Waals surface area contributed by atoms with Gasteiger partial charge in [-0.1, -0.05) is 12.1 Å². The van der Waals surface area contributed by atoms with Crippen LogP contribution in [-0.2, 0) is 20.1 Å². The zero-order valence-electron chi connectivity index (χ0n) is 12.6. The van der Waals surface area contributed by atoms with Crippen molar-refractivity contribution in [3.63, 3.8) is 0 Å². The van der Waals surface area contributed by atoms with Gasteiger partial charge in [0.25, 0.3) is 5.91 Å². The maximum absolute atomic E-state index is 12.2. The Morgan fingerprint density at radius 3 is 2.87 bits per heavy atom. The number of nitrogens with one attached hydrogen (secondary N) is 1. The van der Waals surface area contributed by atoms with Gasteiger partial charge in [0.1, 0.15) is 5.71 Å². The first-order chi connectivity index (χ1) is 11.0. The number of amides is 2. The van der Waals surface area contributed by atoms with Crippen LogP contribution in [0.4, 0.5) is 5.69 Å². The number of aliphatic carboxylic acids is 1. The number of thioether (sulfide) groups is 1. The van der Waals surface area contributed by atoms with Gasteiger partial charge in [-0.25, -0.2) is 5.01 Å². The lowest BCUT2D eigenvalue weighted by Gasteiger charge is -2.19. The van der Waals surface area contributed by atoms with Crippen molar-refractivity contribution in [2.24, 2.45) is 5.10 Å². The zero-order valence-corrected chi connectivity index (χ0v) is 13.4. The van der Waals surface area contributed by atoms with E-state index in [4.69, 9.17) is 5.11 Å². The number of carboxylic acid groups (broad SMARTS) is 1. The van der Waals surface area contributed by atoms with Gasteiger partial charge in [-0.3, -0.25) is 14.4 Å². The van der Waals surface area contributed by atoms with Crippen LogP contribution in [0.15, 0.2) is 29.4 Å². The molecule has 0 spiro atoms. The van der Waals surface area contributed by atoms with E-state index in [9.17, 15) is 14.4 Å². The number of carboxylic acids is 1. The van der Waals surface area contributed by atoms with Crippen LogP contribution in [0.2, 0.25) is 0 Å². The highest BCUT2D eigenvalue weighted by atomic mass is 32.2. The summed E-state index contributed by atoms with van der Waals surface area (Å²) >= 11 is 1.29. The molecule has 1 aromatic carbocycles. The number of hydrogen-bond acceptors (Lipinski definition) is 5. The van der Waals surface area contributed by atoms with Gasteiger partial charge in [0.05, 0.1) is 5.75 Å². The van der Waals surface area contributed by atoms with E-state index in [1.54, 1.807) is 18.2 Å². The number of carbonyl (C=O) groups excluding carboxylic acids is 2. The second-order valence-electron chi connectivity index (χ2n) is 5.01. The normalized spacial score (nSPS) is 14.4. The molecule has 23 heavy (non-hydrogen) atoms. The molecule has 1 heterocycles. The Bertz CT molecular complexity index is 660. The van der Waals surface area contributed by atoms with E-state index in [0.29, 0.717) is 23.6 Å². The fourth-order valence-corrected chi connectivity index (χ4v) is 2.72. The third-order valence-electron chi connectivity index (χ3n) is 3.15. The molecule has 0 saturated heterocycles. The lowest BCUT2D eigenvalue weighted by atomic mass is 10.1. The number of hydrogen-bond donors (Lipinski definition) is 2. The van der Waals surface area contributed by atoms with Crippen LogP contribution in [0.5, 0.6) is 0 Å². The highest BCUT2D eigenvalue weighted by molar-refractivity contribution is 7.99. The Morgan fingerprint density at radius 2 is 2.17 bits per heavy atom. The monoisotopic (exact) mass is 335 g/mol. The molecule has 1 aliphatic rings. The van der Waals surface area contributed by atoms with Gasteiger partial charge in [-0.2, -0.15) is 5.10 Å². The predicted molar refractivity (Wildman–Crippen MR) is 88.3 cm³/mol. The Morgan fingerprint density at radius 1 is 1.39 bits per heavy atom. The molecule has 0 atom stereocenters. The van der Waals surface area contributed by atoms with Crippen molar-refractivity contribution in [2.75, 3.05) is 18.1 Å². The Labute approximate surface area is 137 Å². The number of nitrogens with zero attached hydrogens (tertiary/aromatic N) is 2. The molecule has 0 bridgehead atoms. The second kappa shape index (κ2) is 7.77. The quantitative estimate of drug-likeness (QED) is 0.822. The average Bonchev–Trinajstić information content (AvgIpc) is 2.50. The van der Waals surface area contributed by atoms with Crippen molar-refractivity contribution in [1.82, 2.24) is 5.01 Å². The Kier molecular flexibility index (Phi) is 5.75. The summed E-state index contributed by atoms with van der Waals surface area (Å²) in [5, 5.41) is 16.5. The summed E-state index contributed by atoms with van der Waals surface area (Å²) in [7, 11) is 1.52. The molecule has 0 unspecified atom stereocenters. The number of rotatable bonds is 6. The molecule has 0 aromatic heterocycles. The number of hydrazone groups is 1. The first-order valence-electron chi connectivity index (χ1n) is 6.99. The zero-order chi connectivity index (χ0) is 16.8. The van der Waals surface area contributed by atoms with Crippen LogP contribution in [0.25, 0.3) is 0 Å². The minimum absolute atomic E-state index is 0.0355. The molecule has 122 valence electrons. The van der Waals surface area contributed by atoms with Gasteiger partial charge in [0, 0.05) is 31.3 Å². The first-order valence-corrected chi connectivity index (χ1v) is 8.15. The van der Waals surface area contributed by atoms with E-state index in [0.717, 1.165) is 5.56 Å². The van der Waals surface area contributed by atoms with Crippen molar-refractivity contribution in [3.05, 3.63) is 29.8 Å². The molecule has 0 aliphatic carbocycles. The summed E-state index contributed by atoms with van der Waals surface area (Å²) in [5.41, 5.74) is 1.86. The van der Waals surface area contributed by atoms with Gasteiger partial charge >= 0.3 is 5.97 Å². The molecular formula is C15H17N3O4S. The minimum Gasteiger partial charge on any atom is -0.481 e. The number of benzene rings is 1. The van der Waals surface area contributed by atoms with Crippen LogP contribution in [0.3, 0.4) is 0 Å². The molecule has 8 heteroatoms. The maximum atomic E-state index is 12.2. The van der Waals surface area contributed by atoms with Gasteiger partial charge < -0.3 is 10.4 Å². The van der Waals surface area contributed by atoms with E-state index in [2.05, 4.69) is 10.4 Å². The van der Waals surface area contributed by atoms with Crippen LogP contribution < -0.4 is 5.32 Å². The van der Waals surface area contributed by atoms with E-state index in [1.807, 2.05) is 6.07 Å². The summed E-state index contributed by atoms with van der Waals surface area (Å²) in [6.07, 6.45) is 0.595. The minimum atomic E-state index is -0.853. The molecule has 0 radical (unpaired) electrons. The lowest BCUT2D eigenvalue weighted by molar-refractivity contribution is -0.134.